The first kappa shape index (κ1) is 20.9. The Morgan fingerprint density at radius 1 is 1.10 bits per heavy atom. The minimum Gasteiger partial charge on any atom is -0.463 e. The molecule has 0 bridgehead atoms. The average Bonchev–Trinajstić information content (AvgIpc) is 2.74. The highest BCUT2D eigenvalue weighted by atomic mass is 16.5. The van der Waals surface area contributed by atoms with Crippen molar-refractivity contribution in [3.05, 3.63) is 47.2 Å². The van der Waals surface area contributed by atoms with Crippen molar-refractivity contribution in [2.75, 3.05) is 39.3 Å². The Bertz CT molecular complexity index is 785. The molecule has 0 unspecified atom stereocenters. The lowest BCUT2D eigenvalue weighted by atomic mass is 10.00. The smallest absolute Gasteiger partial charge is 0.337 e. The predicted octanol–water partition coefficient (Wildman–Crippen LogP) is 1.35. The predicted molar refractivity (Wildman–Crippen MR) is 108 cm³/mol. The van der Waals surface area contributed by atoms with Crippen LogP contribution in [-0.2, 0) is 9.53 Å². The maximum Gasteiger partial charge on any atom is 0.337 e. The van der Waals surface area contributed by atoms with E-state index < -0.39 is 5.97 Å². The second-order valence-corrected chi connectivity index (χ2v) is 7.11. The summed E-state index contributed by atoms with van der Waals surface area (Å²) in [4.78, 5) is 41.1. The third-order valence-corrected chi connectivity index (χ3v) is 5.21. The van der Waals surface area contributed by atoms with Gasteiger partial charge >= 0.3 is 12.0 Å². The normalized spacial score (nSPS) is 20.1. The minimum atomic E-state index is -0.403. The first-order chi connectivity index (χ1) is 14.0. The van der Waals surface area contributed by atoms with Crippen LogP contribution in [-0.4, -0.2) is 73.1 Å². The molecule has 1 aromatic carbocycles. The van der Waals surface area contributed by atoms with Gasteiger partial charge in [-0.1, -0.05) is 25.1 Å². The third kappa shape index (κ3) is 4.95. The lowest BCUT2D eigenvalue weighted by Gasteiger charge is -2.37. The molecule has 8 nitrogen and oxygen atoms in total. The molecule has 3 amide bonds. The highest BCUT2D eigenvalue weighted by Crippen LogP contribution is 2.19. The Kier molecular flexibility index (Phi) is 6.87. The summed E-state index contributed by atoms with van der Waals surface area (Å²) in [6.45, 7) is 6.92. The van der Waals surface area contributed by atoms with Crippen LogP contribution in [0.25, 0.3) is 0 Å². The molecule has 2 N–H and O–H groups in total. The second-order valence-electron chi connectivity index (χ2n) is 7.11. The summed E-state index contributed by atoms with van der Waals surface area (Å²) in [7, 11) is 0. The molecule has 0 saturated carbocycles. The fourth-order valence-electron chi connectivity index (χ4n) is 3.68. The average molecular weight is 400 g/mol. The van der Waals surface area contributed by atoms with Gasteiger partial charge in [-0.2, -0.15) is 0 Å². The first-order valence-corrected chi connectivity index (χ1v) is 10.1. The molecule has 1 fully saturated rings. The number of carbonyl (C=O) groups is 3. The van der Waals surface area contributed by atoms with Crippen molar-refractivity contribution in [2.24, 2.45) is 0 Å². The van der Waals surface area contributed by atoms with Gasteiger partial charge in [0, 0.05) is 44.0 Å². The molecule has 8 heteroatoms. The summed E-state index contributed by atoms with van der Waals surface area (Å²) >= 11 is 0. The van der Waals surface area contributed by atoms with Crippen molar-refractivity contribution >= 4 is 17.9 Å². The van der Waals surface area contributed by atoms with Crippen LogP contribution in [0.5, 0.6) is 0 Å². The molecule has 0 aliphatic carbocycles. The molecule has 0 aromatic heterocycles. The number of piperazine rings is 1. The Hall–Kier alpha value is -2.87. The summed E-state index contributed by atoms with van der Waals surface area (Å²) in [5, 5.41) is 5.57. The Morgan fingerprint density at radius 3 is 2.41 bits per heavy atom. The molecule has 2 aliphatic rings. The van der Waals surface area contributed by atoms with E-state index in [2.05, 4.69) is 15.5 Å². The van der Waals surface area contributed by atoms with Crippen molar-refractivity contribution in [1.82, 2.24) is 20.4 Å². The van der Waals surface area contributed by atoms with Crippen molar-refractivity contribution in [2.45, 2.75) is 26.3 Å². The third-order valence-electron chi connectivity index (χ3n) is 5.21. The molecule has 156 valence electrons. The molecular formula is C21H28N4O4. The van der Waals surface area contributed by atoms with Gasteiger partial charge in [-0.3, -0.25) is 9.69 Å². The number of nitrogens with one attached hydrogen (secondary N) is 2. The van der Waals surface area contributed by atoms with Gasteiger partial charge in [-0.25, -0.2) is 9.59 Å². The zero-order valence-electron chi connectivity index (χ0n) is 16.9. The lowest BCUT2D eigenvalue weighted by molar-refractivity contribution is -0.139. The van der Waals surface area contributed by atoms with Gasteiger partial charge < -0.3 is 20.3 Å². The van der Waals surface area contributed by atoms with Crippen LogP contribution >= 0.6 is 0 Å². The number of hydrogen-bond acceptors (Lipinski definition) is 5. The topological polar surface area (TPSA) is 91.0 Å². The van der Waals surface area contributed by atoms with Crippen molar-refractivity contribution in [3.63, 3.8) is 0 Å². The molecule has 2 aliphatic heterocycles. The van der Waals surface area contributed by atoms with E-state index in [0.717, 1.165) is 0 Å². The molecule has 3 rings (SSSR count). The van der Waals surface area contributed by atoms with E-state index in [1.54, 1.807) is 6.92 Å². The number of benzene rings is 1. The number of carbonyl (C=O) groups excluding carboxylic acids is 3. The van der Waals surface area contributed by atoms with Crippen LogP contribution < -0.4 is 10.6 Å². The maximum atomic E-state index is 12.6. The largest absolute Gasteiger partial charge is 0.463 e. The van der Waals surface area contributed by atoms with Crippen LogP contribution in [0.3, 0.4) is 0 Å². The summed E-state index contributed by atoms with van der Waals surface area (Å²) in [5.74, 6) is -0.377. The fraction of sp³-hybridized carbons (Fsp3) is 0.476. The van der Waals surface area contributed by atoms with Crippen LogP contribution in [0.4, 0.5) is 4.79 Å². The van der Waals surface area contributed by atoms with Crippen molar-refractivity contribution in [1.29, 1.82) is 0 Å². The number of ether oxygens (including phenoxy) is 1. The molecule has 2 heterocycles. The Labute approximate surface area is 170 Å². The highest BCUT2D eigenvalue weighted by molar-refractivity contribution is 5.95. The van der Waals surface area contributed by atoms with Gasteiger partial charge in [-0.05, 0) is 25.5 Å². The number of esters is 1. The number of rotatable bonds is 6. The number of amides is 3. The van der Waals surface area contributed by atoms with Crippen LogP contribution in [0.2, 0.25) is 0 Å². The number of urea groups is 1. The van der Waals surface area contributed by atoms with E-state index in [-0.39, 0.29) is 24.6 Å². The van der Waals surface area contributed by atoms with E-state index in [1.807, 2.05) is 42.2 Å². The van der Waals surface area contributed by atoms with Gasteiger partial charge in [0.15, 0.2) is 0 Å². The summed E-state index contributed by atoms with van der Waals surface area (Å²) in [5.41, 5.74) is 1.75. The molecular weight excluding hydrogens is 372 g/mol. The van der Waals surface area contributed by atoms with Gasteiger partial charge in [0.2, 0.25) is 0 Å². The molecule has 1 saturated heterocycles. The van der Waals surface area contributed by atoms with Crippen LogP contribution in [0.15, 0.2) is 41.6 Å². The van der Waals surface area contributed by atoms with Crippen molar-refractivity contribution in [3.8, 4) is 0 Å². The standard InChI is InChI=1S/C21H28N4O4/c1-3-16-18(20(27)29-4-2)17(23-21(28)22-16)14-24-10-12-25(13-11-24)19(26)15-8-6-5-7-9-15/h5-9,16H,3-4,10-14H2,1-2H3,(H2,22,23,28)/t16-/m0/s1. The summed E-state index contributed by atoms with van der Waals surface area (Å²) in [6, 6.07) is 8.58. The van der Waals surface area contributed by atoms with Gasteiger partial charge in [-0.15, -0.1) is 0 Å². The van der Waals surface area contributed by atoms with E-state index in [0.29, 0.717) is 56.0 Å². The second kappa shape index (κ2) is 9.56. The van der Waals surface area contributed by atoms with E-state index in [9.17, 15) is 14.4 Å². The highest BCUT2D eigenvalue weighted by Gasteiger charge is 2.33. The van der Waals surface area contributed by atoms with Crippen LogP contribution in [0, 0.1) is 0 Å². The van der Waals surface area contributed by atoms with Gasteiger partial charge in [0.25, 0.3) is 5.91 Å². The lowest BCUT2D eigenvalue weighted by Crippen LogP contribution is -2.54. The maximum absolute atomic E-state index is 12.6. The number of hydrogen-bond donors (Lipinski definition) is 2. The summed E-state index contributed by atoms with van der Waals surface area (Å²) < 4.78 is 5.21. The monoisotopic (exact) mass is 400 g/mol. The summed E-state index contributed by atoms with van der Waals surface area (Å²) in [6.07, 6.45) is 0.602. The van der Waals surface area contributed by atoms with E-state index >= 15 is 0 Å². The van der Waals surface area contributed by atoms with Gasteiger partial charge in [0.1, 0.15) is 0 Å². The quantitative estimate of drug-likeness (QED) is 0.704. The van der Waals surface area contributed by atoms with Gasteiger partial charge in [0.05, 0.1) is 18.2 Å². The van der Waals surface area contributed by atoms with Crippen molar-refractivity contribution < 1.29 is 19.1 Å². The van der Waals surface area contributed by atoms with E-state index in [4.69, 9.17) is 4.74 Å². The molecule has 0 radical (unpaired) electrons. The molecule has 1 aromatic rings. The molecule has 29 heavy (non-hydrogen) atoms. The zero-order chi connectivity index (χ0) is 20.8. The zero-order valence-corrected chi connectivity index (χ0v) is 16.9. The SMILES string of the molecule is CCOC(=O)C1=C(CN2CCN(C(=O)c3ccccc3)CC2)NC(=O)N[C@H]1CC. The fourth-order valence-corrected chi connectivity index (χ4v) is 3.68. The Morgan fingerprint density at radius 2 is 1.79 bits per heavy atom. The molecule has 0 spiro atoms. The minimum absolute atomic E-state index is 0.0258. The first-order valence-electron chi connectivity index (χ1n) is 10.1. The molecule has 1 atom stereocenters. The van der Waals surface area contributed by atoms with Crippen LogP contribution in [0.1, 0.15) is 30.6 Å². The van der Waals surface area contributed by atoms with E-state index in [1.165, 1.54) is 0 Å². The number of nitrogens with zero attached hydrogens (tertiary/aromatic N) is 2. The Balaban J connectivity index is 1.67.